The summed E-state index contributed by atoms with van der Waals surface area (Å²) in [5, 5.41) is 3.91. The fraction of sp³-hybridized carbons (Fsp3) is 0.364. The lowest BCUT2D eigenvalue weighted by molar-refractivity contribution is -0.136. The smallest absolute Gasteiger partial charge is 0.332 e. The van der Waals surface area contributed by atoms with E-state index in [4.69, 9.17) is 9.47 Å². The molecular weight excluding hydrogens is 228 g/mol. The van der Waals surface area contributed by atoms with Gasteiger partial charge in [-0.05, 0) is 6.92 Å². The number of methoxy groups -OCH3 is 1. The van der Waals surface area contributed by atoms with Crippen molar-refractivity contribution in [1.29, 1.82) is 0 Å². The Bertz CT molecular complexity index is 349. The summed E-state index contributed by atoms with van der Waals surface area (Å²) in [6.45, 7) is 6.32. The summed E-state index contributed by atoms with van der Waals surface area (Å²) in [4.78, 5) is 10.2. The fourth-order valence-electron chi connectivity index (χ4n) is 0.962. The molecule has 88 valence electrons. The molecule has 0 unspecified atom stereocenters. The molecule has 1 aromatic rings. The maximum atomic E-state index is 10.2. The lowest BCUT2D eigenvalue weighted by Gasteiger charge is -2.13. The molecule has 2 rings (SSSR count). The van der Waals surface area contributed by atoms with E-state index in [1.54, 1.807) is 18.3 Å². The summed E-state index contributed by atoms with van der Waals surface area (Å²) < 4.78 is 14.8. The first-order chi connectivity index (χ1) is 7.65. The molecule has 0 saturated carbocycles. The number of ether oxygens (including phenoxy) is 3. The monoisotopic (exact) mass is 242 g/mol. The van der Waals surface area contributed by atoms with Crippen molar-refractivity contribution in [3.63, 3.8) is 0 Å². The second-order valence-electron chi connectivity index (χ2n) is 3.07. The summed E-state index contributed by atoms with van der Waals surface area (Å²) in [7, 11) is 1.33. The molecule has 0 aliphatic carbocycles. The lowest BCUT2D eigenvalue weighted by atomic mass is 10.4. The van der Waals surface area contributed by atoms with Gasteiger partial charge in [0.05, 0.1) is 7.11 Å². The van der Waals surface area contributed by atoms with Crippen molar-refractivity contribution in [3.8, 4) is 11.5 Å². The topological polar surface area (TPSA) is 44.8 Å². The van der Waals surface area contributed by atoms with Gasteiger partial charge in [0.1, 0.15) is 13.2 Å². The van der Waals surface area contributed by atoms with Crippen LogP contribution < -0.4 is 9.47 Å². The summed E-state index contributed by atoms with van der Waals surface area (Å²) in [5.41, 5.74) is 0.433. The van der Waals surface area contributed by atoms with Crippen LogP contribution in [0.25, 0.3) is 0 Å². The third kappa shape index (κ3) is 3.58. The van der Waals surface area contributed by atoms with E-state index >= 15 is 0 Å². The molecule has 0 atom stereocenters. The van der Waals surface area contributed by atoms with Crippen molar-refractivity contribution < 1.29 is 19.0 Å². The van der Waals surface area contributed by atoms with Gasteiger partial charge in [-0.1, -0.05) is 6.58 Å². The highest BCUT2D eigenvalue weighted by atomic mass is 32.1. The molecular formula is C11H14O4S. The molecule has 4 nitrogen and oxygen atoms in total. The lowest BCUT2D eigenvalue weighted by Crippen LogP contribution is -2.13. The molecule has 5 heteroatoms. The number of hydrogen-bond donors (Lipinski definition) is 0. The van der Waals surface area contributed by atoms with Crippen molar-refractivity contribution in [2.45, 2.75) is 6.92 Å². The molecule has 0 aromatic carbocycles. The van der Waals surface area contributed by atoms with Crippen LogP contribution in [0, 0.1) is 0 Å². The molecule has 0 bridgehead atoms. The highest BCUT2D eigenvalue weighted by Gasteiger charge is 2.10. The summed E-state index contributed by atoms with van der Waals surface area (Å²) in [6, 6.07) is 0. The molecule has 1 aliphatic rings. The van der Waals surface area contributed by atoms with E-state index in [-0.39, 0.29) is 5.97 Å². The zero-order valence-electron chi connectivity index (χ0n) is 9.32. The summed E-state index contributed by atoms with van der Waals surface area (Å²) in [6.07, 6.45) is 0. The number of hydrogen-bond acceptors (Lipinski definition) is 5. The first-order valence-corrected chi connectivity index (χ1v) is 5.65. The second-order valence-corrected chi connectivity index (χ2v) is 3.81. The molecule has 0 saturated heterocycles. The Morgan fingerprint density at radius 3 is 2.19 bits per heavy atom. The van der Waals surface area contributed by atoms with Gasteiger partial charge in [0.2, 0.25) is 0 Å². The van der Waals surface area contributed by atoms with E-state index in [2.05, 4.69) is 11.3 Å². The Morgan fingerprint density at radius 2 is 1.88 bits per heavy atom. The van der Waals surface area contributed by atoms with Crippen molar-refractivity contribution in [2.75, 3.05) is 20.3 Å². The van der Waals surface area contributed by atoms with Gasteiger partial charge in [0.15, 0.2) is 11.5 Å². The normalized spacial score (nSPS) is 12.1. The Balaban J connectivity index is 0.000000168. The Kier molecular flexibility index (Phi) is 4.85. The molecule has 16 heavy (non-hydrogen) atoms. The van der Waals surface area contributed by atoms with E-state index in [1.165, 1.54) is 7.11 Å². The van der Waals surface area contributed by atoms with Crippen LogP contribution in [0.5, 0.6) is 11.5 Å². The number of fused-ring (bicyclic) bond motifs is 1. The maximum Gasteiger partial charge on any atom is 0.332 e. The van der Waals surface area contributed by atoms with Gasteiger partial charge >= 0.3 is 5.97 Å². The Hall–Kier alpha value is -1.49. The predicted octanol–water partition coefficient (Wildman–Crippen LogP) is 2.25. The van der Waals surface area contributed by atoms with Gasteiger partial charge in [0.25, 0.3) is 0 Å². The molecule has 1 aliphatic heterocycles. The Morgan fingerprint density at radius 1 is 1.38 bits per heavy atom. The largest absolute Gasteiger partial charge is 0.485 e. The van der Waals surface area contributed by atoms with Crippen molar-refractivity contribution in [3.05, 3.63) is 22.9 Å². The summed E-state index contributed by atoms with van der Waals surface area (Å²) >= 11 is 1.61. The van der Waals surface area contributed by atoms with Gasteiger partial charge in [-0.15, -0.1) is 11.3 Å². The molecule has 0 fully saturated rings. The van der Waals surface area contributed by atoms with Crippen LogP contribution >= 0.6 is 11.3 Å². The molecule has 0 N–H and O–H groups in total. The predicted molar refractivity (Wildman–Crippen MR) is 62.1 cm³/mol. The van der Waals surface area contributed by atoms with Crippen molar-refractivity contribution >= 4 is 17.3 Å². The van der Waals surface area contributed by atoms with Gasteiger partial charge in [-0.25, -0.2) is 4.79 Å². The van der Waals surface area contributed by atoms with E-state index in [0.717, 1.165) is 11.5 Å². The zero-order valence-corrected chi connectivity index (χ0v) is 10.1. The molecule has 0 spiro atoms. The highest BCUT2D eigenvalue weighted by molar-refractivity contribution is 7.08. The minimum atomic E-state index is -0.347. The average Bonchev–Trinajstić information content (AvgIpc) is 2.76. The zero-order chi connectivity index (χ0) is 12.0. The number of rotatable bonds is 1. The quantitative estimate of drug-likeness (QED) is 0.559. The van der Waals surface area contributed by atoms with Crippen LogP contribution in [0.1, 0.15) is 6.92 Å². The van der Waals surface area contributed by atoms with Crippen molar-refractivity contribution in [2.24, 2.45) is 0 Å². The fourth-order valence-corrected chi connectivity index (χ4v) is 1.65. The van der Waals surface area contributed by atoms with E-state index in [1.807, 2.05) is 10.8 Å². The van der Waals surface area contributed by atoms with E-state index in [0.29, 0.717) is 18.8 Å². The Labute approximate surface area is 98.4 Å². The van der Waals surface area contributed by atoms with Crippen molar-refractivity contribution in [1.82, 2.24) is 0 Å². The SMILES string of the molecule is C=C(C)C(=O)OC.c1scc2c1OCCO2. The number of thiophene rings is 1. The second kappa shape index (κ2) is 6.17. The molecule has 1 aromatic heterocycles. The molecule has 0 radical (unpaired) electrons. The van der Waals surface area contributed by atoms with Crippen LogP contribution in [0.15, 0.2) is 22.9 Å². The summed E-state index contributed by atoms with van der Waals surface area (Å²) in [5.74, 6) is 1.44. The standard InChI is InChI=1S/C6H6O2S.C5H8O2/c1-2-8-6-4-9-3-5(6)7-1;1-4(2)5(6)7-3/h3-4H,1-2H2;1H2,2-3H3. The van der Waals surface area contributed by atoms with Crippen LogP contribution in [-0.2, 0) is 9.53 Å². The van der Waals surface area contributed by atoms with Gasteiger partial charge < -0.3 is 14.2 Å². The highest BCUT2D eigenvalue weighted by Crippen LogP contribution is 2.33. The van der Waals surface area contributed by atoms with Gasteiger partial charge in [0, 0.05) is 16.3 Å². The van der Waals surface area contributed by atoms with E-state index in [9.17, 15) is 4.79 Å². The first-order valence-electron chi connectivity index (χ1n) is 4.70. The van der Waals surface area contributed by atoms with Crippen LogP contribution in [0.2, 0.25) is 0 Å². The van der Waals surface area contributed by atoms with Crippen LogP contribution in [0.4, 0.5) is 0 Å². The van der Waals surface area contributed by atoms with Crippen LogP contribution in [-0.4, -0.2) is 26.3 Å². The molecule has 0 amide bonds. The van der Waals surface area contributed by atoms with Crippen LogP contribution in [0.3, 0.4) is 0 Å². The third-order valence-corrected chi connectivity index (χ3v) is 2.43. The number of carbonyl (C=O) groups excluding carboxylic acids is 1. The number of carbonyl (C=O) groups is 1. The number of esters is 1. The minimum Gasteiger partial charge on any atom is -0.485 e. The maximum absolute atomic E-state index is 10.2. The van der Waals surface area contributed by atoms with Gasteiger partial charge in [-0.3, -0.25) is 0 Å². The first kappa shape index (κ1) is 12.6. The van der Waals surface area contributed by atoms with Gasteiger partial charge in [-0.2, -0.15) is 0 Å². The third-order valence-electron chi connectivity index (χ3n) is 1.73. The van der Waals surface area contributed by atoms with E-state index < -0.39 is 0 Å². The minimum absolute atomic E-state index is 0.347. The molecule has 2 heterocycles. The average molecular weight is 242 g/mol.